The highest BCUT2D eigenvalue weighted by Crippen LogP contribution is 2.34. The molecule has 0 radical (unpaired) electrons. The summed E-state index contributed by atoms with van der Waals surface area (Å²) in [4.78, 5) is 14.1. The summed E-state index contributed by atoms with van der Waals surface area (Å²) in [5.41, 5.74) is 0.270. The topological polar surface area (TPSA) is 76.2 Å². The Balaban J connectivity index is 2.07. The van der Waals surface area contributed by atoms with Crippen molar-refractivity contribution in [2.45, 2.75) is 30.4 Å². The molecule has 2 aliphatic heterocycles. The average molecular weight is 399 g/mol. The second-order valence-electron chi connectivity index (χ2n) is 6.17. The molecule has 1 atom stereocenters. The molecule has 0 amide bonds. The fourth-order valence-electron chi connectivity index (χ4n) is 2.79. The first kappa shape index (κ1) is 18.9. The van der Waals surface area contributed by atoms with Crippen molar-refractivity contribution in [1.29, 1.82) is 0 Å². The van der Waals surface area contributed by atoms with Gasteiger partial charge in [0.05, 0.1) is 4.90 Å². The fraction of sp³-hybridized carbons (Fsp3) is 0.353. The molecule has 0 aromatic heterocycles. The van der Waals surface area contributed by atoms with Crippen molar-refractivity contribution in [3.05, 3.63) is 53.3 Å². The van der Waals surface area contributed by atoms with Gasteiger partial charge in [-0.15, -0.1) is 0 Å². The number of ether oxygens (including phenoxy) is 2. The van der Waals surface area contributed by atoms with Crippen LogP contribution in [-0.4, -0.2) is 56.1 Å². The predicted molar refractivity (Wildman–Crippen MR) is 95.6 cm³/mol. The number of hydrogen-bond donors (Lipinski definition) is 0. The van der Waals surface area contributed by atoms with Crippen molar-refractivity contribution in [3.8, 4) is 0 Å². The highest BCUT2D eigenvalue weighted by atomic mass is 35.5. The standard InChI is InChI=1S/C17H19ClN2O5S/c1-11-24-17(25-11)16-14(10-19(2)3)15(21)8-9-20(16)26(22,23)13-6-4-12(18)5-7-13/h4-11,16-17H,1-3H3/b14-10+. The van der Waals surface area contributed by atoms with Crippen LogP contribution in [-0.2, 0) is 24.3 Å². The van der Waals surface area contributed by atoms with Gasteiger partial charge in [-0.05, 0) is 31.2 Å². The van der Waals surface area contributed by atoms with Gasteiger partial charge in [-0.25, -0.2) is 8.42 Å². The zero-order valence-electron chi connectivity index (χ0n) is 14.5. The number of carbonyl (C=O) groups excluding carboxylic acids is 1. The fourth-order valence-corrected chi connectivity index (χ4v) is 4.37. The number of ketones is 1. The molecular weight excluding hydrogens is 380 g/mol. The molecule has 0 spiro atoms. The Bertz CT molecular complexity index is 858. The molecule has 1 saturated heterocycles. The van der Waals surface area contributed by atoms with Crippen molar-refractivity contribution < 1.29 is 22.7 Å². The van der Waals surface area contributed by atoms with E-state index in [9.17, 15) is 13.2 Å². The molecule has 9 heteroatoms. The maximum absolute atomic E-state index is 13.1. The lowest BCUT2D eigenvalue weighted by Gasteiger charge is -2.44. The number of halogens is 1. The average Bonchev–Trinajstić information content (AvgIpc) is 2.54. The van der Waals surface area contributed by atoms with Crippen LogP contribution in [0.25, 0.3) is 0 Å². The number of allylic oxidation sites excluding steroid dienone is 1. The first-order chi connectivity index (χ1) is 12.2. The third-order valence-electron chi connectivity index (χ3n) is 3.95. The Morgan fingerprint density at radius 2 is 1.81 bits per heavy atom. The number of carbonyl (C=O) groups is 1. The predicted octanol–water partition coefficient (Wildman–Crippen LogP) is 1.96. The molecule has 0 N–H and O–H groups in total. The molecule has 0 saturated carbocycles. The van der Waals surface area contributed by atoms with Crippen LogP contribution in [0, 0.1) is 0 Å². The number of sulfonamides is 1. The second-order valence-corrected chi connectivity index (χ2v) is 8.45. The monoisotopic (exact) mass is 398 g/mol. The minimum Gasteiger partial charge on any atom is -0.383 e. The minimum absolute atomic E-state index is 0.0578. The van der Waals surface area contributed by atoms with Crippen LogP contribution < -0.4 is 0 Å². The van der Waals surface area contributed by atoms with E-state index in [4.69, 9.17) is 21.1 Å². The van der Waals surface area contributed by atoms with Crippen LogP contribution in [0.1, 0.15) is 6.92 Å². The van der Waals surface area contributed by atoms with E-state index < -0.39 is 28.6 Å². The normalized spacial score (nSPS) is 27.5. The Hall–Kier alpha value is -1.87. The molecule has 0 bridgehead atoms. The van der Waals surface area contributed by atoms with Crippen molar-refractivity contribution >= 4 is 27.4 Å². The lowest BCUT2D eigenvalue weighted by molar-refractivity contribution is -0.383. The first-order valence-electron chi connectivity index (χ1n) is 7.91. The van der Waals surface area contributed by atoms with E-state index in [1.54, 1.807) is 32.1 Å². The third kappa shape index (κ3) is 3.50. The highest BCUT2D eigenvalue weighted by Gasteiger charge is 2.46. The van der Waals surface area contributed by atoms with Gasteiger partial charge in [0.15, 0.2) is 18.4 Å². The molecule has 2 aliphatic rings. The van der Waals surface area contributed by atoms with E-state index in [1.165, 1.54) is 36.5 Å². The summed E-state index contributed by atoms with van der Waals surface area (Å²) in [6.45, 7) is 1.70. The molecule has 3 rings (SSSR count). The largest absolute Gasteiger partial charge is 0.383 e. The highest BCUT2D eigenvalue weighted by molar-refractivity contribution is 7.89. The molecule has 1 unspecified atom stereocenters. The van der Waals surface area contributed by atoms with E-state index in [0.717, 1.165) is 4.31 Å². The van der Waals surface area contributed by atoms with Gasteiger partial charge in [0.25, 0.3) is 10.0 Å². The van der Waals surface area contributed by atoms with Crippen LogP contribution in [0.3, 0.4) is 0 Å². The lowest BCUT2D eigenvalue weighted by Crippen LogP contribution is -2.57. The van der Waals surface area contributed by atoms with E-state index in [0.29, 0.717) is 5.02 Å². The number of nitrogens with zero attached hydrogens (tertiary/aromatic N) is 2. The van der Waals surface area contributed by atoms with Crippen LogP contribution >= 0.6 is 11.6 Å². The number of rotatable bonds is 4. The molecule has 0 aliphatic carbocycles. The van der Waals surface area contributed by atoms with Gasteiger partial charge in [0, 0.05) is 43.2 Å². The van der Waals surface area contributed by atoms with Crippen LogP contribution in [0.4, 0.5) is 0 Å². The van der Waals surface area contributed by atoms with Gasteiger partial charge in [0.1, 0.15) is 6.04 Å². The zero-order chi connectivity index (χ0) is 19.1. The summed E-state index contributed by atoms with van der Waals surface area (Å²) in [5, 5.41) is 0.428. The third-order valence-corrected chi connectivity index (χ3v) is 5.97. The number of hydrogen-bond acceptors (Lipinski definition) is 6. The van der Waals surface area contributed by atoms with Gasteiger partial charge in [-0.3, -0.25) is 9.10 Å². The molecule has 1 aromatic carbocycles. The van der Waals surface area contributed by atoms with Crippen molar-refractivity contribution in [2.75, 3.05) is 14.1 Å². The van der Waals surface area contributed by atoms with Crippen LogP contribution in [0.15, 0.2) is 53.2 Å². The van der Waals surface area contributed by atoms with Gasteiger partial charge < -0.3 is 14.4 Å². The molecule has 7 nitrogen and oxygen atoms in total. The Morgan fingerprint density at radius 3 is 2.35 bits per heavy atom. The van der Waals surface area contributed by atoms with Gasteiger partial charge >= 0.3 is 0 Å². The molecule has 1 fully saturated rings. The second kappa shape index (κ2) is 7.03. The van der Waals surface area contributed by atoms with Gasteiger partial charge in [0.2, 0.25) is 0 Å². The number of benzene rings is 1. The maximum atomic E-state index is 13.1. The van der Waals surface area contributed by atoms with E-state index in [1.807, 2.05) is 0 Å². The summed E-state index contributed by atoms with van der Waals surface area (Å²) in [7, 11) is -0.445. The molecular formula is C17H19ClN2O5S. The summed E-state index contributed by atoms with van der Waals surface area (Å²) < 4.78 is 38.4. The summed E-state index contributed by atoms with van der Waals surface area (Å²) in [6, 6.07) is 4.90. The quantitative estimate of drug-likeness (QED) is 0.722. The van der Waals surface area contributed by atoms with E-state index in [2.05, 4.69) is 0 Å². The van der Waals surface area contributed by atoms with Gasteiger partial charge in [-0.1, -0.05) is 11.6 Å². The maximum Gasteiger partial charge on any atom is 0.264 e. The van der Waals surface area contributed by atoms with Crippen molar-refractivity contribution in [2.24, 2.45) is 0 Å². The van der Waals surface area contributed by atoms with E-state index in [-0.39, 0.29) is 16.3 Å². The SMILES string of the molecule is CC1OC(C2/C(=C/N(C)C)C(=O)C=CN2S(=O)(=O)c2ccc(Cl)cc2)O1. The van der Waals surface area contributed by atoms with Gasteiger partial charge in [-0.2, -0.15) is 0 Å². The van der Waals surface area contributed by atoms with Crippen molar-refractivity contribution in [1.82, 2.24) is 9.21 Å². The van der Waals surface area contributed by atoms with Crippen LogP contribution in [0.2, 0.25) is 5.02 Å². The smallest absolute Gasteiger partial charge is 0.264 e. The Labute approximate surface area is 157 Å². The summed E-state index contributed by atoms with van der Waals surface area (Å²) in [6.07, 6.45) is 2.73. The van der Waals surface area contributed by atoms with Crippen molar-refractivity contribution in [3.63, 3.8) is 0 Å². The molecule has 1 aromatic rings. The zero-order valence-corrected chi connectivity index (χ0v) is 16.1. The first-order valence-corrected chi connectivity index (χ1v) is 9.72. The van der Waals surface area contributed by atoms with Crippen LogP contribution in [0.5, 0.6) is 0 Å². The summed E-state index contributed by atoms with van der Waals surface area (Å²) in [5.74, 6) is -0.294. The molecule has 2 heterocycles. The summed E-state index contributed by atoms with van der Waals surface area (Å²) >= 11 is 5.85. The molecule has 140 valence electrons. The Morgan fingerprint density at radius 1 is 1.19 bits per heavy atom. The van der Waals surface area contributed by atoms with E-state index >= 15 is 0 Å². The molecule has 26 heavy (non-hydrogen) atoms. The minimum atomic E-state index is -3.94. The lowest BCUT2D eigenvalue weighted by atomic mass is 9.99. The Kier molecular flexibility index (Phi) is 5.12.